The number of hydrogen-bond donors (Lipinski definition) is 2. The Morgan fingerprint density at radius 2 is 1.90 bits per heavy atom. The summed E-state index contributed by atoms with van der Waals surface area (Å²) in [6, 6.07) is 8.18. The summed E-state index contributed by atoms with van der Waals surface area (Å²) in [5.41, 5.74) is 4.64. The average molecular weight is 295 g/mol. The summed E-state index contributed by atoms with van der Waals surface area (Å²) >= 11 is 0. The molecule has 1 amide bonds. The highest BCUT2D eigenvalue weighted by Crippen LogP contribution is 2.32. The van der Waals surface area contributed by atoms with Crippen molar-refractivity contribution in [2.45, 2.75) is 12.7 Å². The van der Waals surface area contributed by atoms with Crippen molar-refractivity contribution in [3.05, 3.63) is 59.3 Å². The van der Waals surface area contributed by atoms with Gasteiger partial charge in [0.05, 0.1) is 11.1 Å². The standard InChI is InChI=1S/C14H12F3N3O/c15-14(16,17)11-6-2-1-4-9(11)8-20-13-10(12(18)21)5-3-7-19-13/h1-7H,8H2,(H2,18,21)(H,19,20). The first-order valence-corrected chi connectivity index (χ1v) is 6.03. The van der Waals surface area contributed by atoms with Crippen molar-refractivity contribution in [2.75, 3.05) is 5.32 Å². The van der Waals surface area contributed by atoms with Crippen LogP contribution in [0.1, 0.15) is 21.5 Å². The highest BCUT2D eigenvalue weighted by atomic mass is 19.4. The topological polar surface area (TPSA) is 68.0 Å². The number of primary amides is 1. The summed E-state index contributed by atoms with van der Waals surface area (Å²) in [6.45, 7) is -0.118. The number of alkyl halides is 3. The third kappa shape index (κ3) is 3.50. The second-order valence-electron chi connectivity index (χ2n) is 4.27. The minimum absolute atomic E-state index is 0.0612. The number of hydrogen-bond acceptors (Lipinski definition) is 3. The van der Waals surface area contributed by atoms with Gasteiger partial charge in [0.25, 0.3) is 5.91 Å². The van der Waals surface area contributed by atoms with E-state index in [1.165, 1.54) is 36.5 Å². The Hall–Kier alpha value is -2.57. The Kier molecular flexibility index (Phi) is 4.11. The average Bonchev–Trinajstić information content (AvgIpc) is 2.44. The number of nitrogens with one attached hydrogen (secondary N) is 1. The predicted octanol–water partition coefficient (Wildman–Crippen LogP) is 2.81. The zero-order valence-corrected chi connectivity index (χ0v) is 10.8. The number of pyridine rings is 1. The largest absolute Gasteiger partial charge is 0.416 e. The van der Waals surface area contributed by atoms with Crippen LogP contribution in [-0.2, 0) is 12.7 Å². The van der Waals surface area contributed by atoms with E-state index in [1.807, 2.05) is 0 Å². The van der Waals surface area contributed by atoms with Crippen LogP contribution in [-0.4, -0.2) is 10.9 Å². The highest BCUT2D eigenvalue weighted by molar-refractivity contribution is 5.97. The molecule has 0 spiro atoms. The molecule has 0 saturated carbocycles. The highest BCUT2D eigenvalue weighted by Gasteiger charge is 2.32. The summed E-state index contributed by atoms with van der Waals surface area (Å²) in [5, 5.41) is 2.71. The fourth-order valence-corrected chi connectivity index (χ4v) is 1.87. The van der Waals surface area contributed by atoms with E-state index in [2.05, 4.69) is 10.3 Å². The van der Waals surface area contributed by atoms with Crippen molar-refractivity contribution in [3.8, 4) is 0 Å². The number of benzene rings is 1. The molecule has 2 aromatic rings. The van der Waals surface area contributed by atoms with Gasteiger partial charge in [0.15, 0.2) is 0 Å². The predicted molar refractivity (Wildman–Crippen MR) is 71.5 cm³/mol. The van der Waals surface area contributed by atoms with Crippen LogP contribution in [0.4, 0.5) is 19.0 Å². The molecule has 1 aromatic heterocycles. The molecule has 0 atom stereocenters. The number of halogens is 3. The summed E-state index contributed by atoms with van der Waals surface area (Å²) in [6.07, 6.45) is -3.01. The molecule has 0 aliphatic rings. The Morgan fingerprint density at radius 3 is 2.57 bits per heavy atom. The number of carbonyl (C=O) groups is 1. The smallest absolute Gasteiger partial charge is 0.365 e. The van der Waals surface area contributed by atoms with Crippen LogP contribution in [0.25, 0.3) is 0 Å². The van der Waals surface area contributed by atoms with Gasteiger partial charge in [-0.05, 0) is 23.8 Å². The third-order valence-electron chi connectivity index (χ3n) is 2.84. The Morgan fingerprint density at radius 1 is 1.19 bits per heavy atom. The number of carbonyl (C=O) groups excluding carboxylic acids is 1. The molecule has 1 heterocycles. The molecule has 3 N–H and O–H groups in total. The molecule has 7 heteroatoms. The molecule has 0 fully saturated rings. The van der Waals surface area contributed by atoms with Gasteiger partial charge in [0.2, 0.25) is 0 Å². The molecule has 2 rings (SSSR count). The van der Waals surface area contributed by atoms with Gasteiger partial charge in [-0.2, -0.15) is 13.2 Å². The van der Waals surface area contributed by atoms with E-state index in [0.29, 0.717) is 0 Å². The quantitative estimate of drug-likeness (QED) is 0.911. The lowest BCUT2D eigenvalue weighted by Crippen LogP contribution is -2.16. The van der Waals surface area contributed by atoms with Crippen molar-refractivity contribution in [3.63, 3.8) is 0 Å². The van der Waals surface area contributed by atoms with Gasteiger partial charge in [-0.15, -0.1) is 0 Å². The number of amides is 1. The maximum Gasteiger partial charge on any atom is 0.416 e. The van der Waals surface area contributed by atoms with E-state index in [1.54, 1.807) is 0 Å². The molecule has 0 bridgehead atoms. The SMILES string of the molecule is NC(=O)c1cccnc1NCc1ccccc1C(F)(F)F. The fraction of sp³-hybridized carbons (Fsp3) is 0.143. The van der Waals surface area contributed by atoms with Crippen LogP contribution in [0.5, 0.6) is 0 Å². The van der Waals surface area contributed by atoms with Gasteiger partial charge in [-0.3, -0.25) is 4.79 Å². The number of nitrogens with zero attached hydrogens (tertiary/aromatic N) is 1. The van der Waals surface area contributed by atoms with E-state index in [0.717, 1.165) is 6.07 Å². The third-order valence-corrected chi connectivity index (χ3v) is 2.84. The van der Waals surface area contributed by atoms with Gasteiger partial charge >= 0.3 is 6.18 Å². The monoisotopic (exact) mass is 295 g/mol. The van der Waals surface area contributed by atoms with Gasteiger partial charge < -0.3 is 11.1 Å². The van der Waals surface area contributed by atoms with Crippen molar-refractivity contribution in [1.82, 2.24) is 4.98 Å². The van der Waals surface area contributed by atoms with Gasteiger partial charge in [0.1, 0.15) is 5.82 Å². The molecule has 0 radical (unpaired) electrons. The number of aromatic nitrogens is 1. The van der Waals surface area contributed by atoms with Crippen LogP contribution in [0.3, 0.4) is 0 Å². The summed E-state index contributed by atoms with van der Waals surface area (Å²) < 4.78 is 38.6. The van der Waals surface area contributed by atoms with Crippen molar-refractivity contribution >= 4 is 11.7 Å². The van der Waals surface area contributed by atoms with Crippen LogP contribution < -0.4 is 11.1 Å². The first-order chi connectivity index (χ1) is 9.89. The summed E-state index contributed by atoms with van der Waals surface area (Å²) in [4.78, 5) is 15.1. The van der Waals surface area contributed by atoms with E-state index >= 15 is 0 Å². The van der Waals surface area contributed by atoms with Crippen molar-refractivity contribution in [2.24, 2.45) is 5.73 Å². The van der Waals surface area contributed by atoms with E-state index in [9.17, 15) is 18.0 Å². The molecular formula is C14H12F3N3O. The van der Waals surface area contributed by atoms with Crippen molar-refractivity contribution < 1.29 is 18.0 Å². The molecule has 0 aliphatic carbocycles. The van der Waals surface area contributed by atoms with Gasteiger partial charge in [-0.25, -0.2) is 4.98 Å². The molecule has 0 saturated heterocycles. The molecule has 0 aliphatic heterocycles. The van der Waals surface area contributed by atoms with Crippen LogP contribution in [0.2, 0.25) is 0 Å². The molecule has 0 unspecified atom stereocenters. The molecule has 21 heavy (non-hydrogen) atoms. The lowest BCUT2D eigenvalue weighted by molar-refractivity contribution is -0.138. The Bertz CT molecular complexity index is 656. The zero-order chi connectivity index (χ0) is 15.5. The lowest BCUT2D eigenvalue weighted by Gasteiger charge is -2.14. The maximum atomic E-state index is 12.9. The normalized spacial score (nSPS) is 11.2. The van der Waals surface area contributed by atoms with Crippen LogP contribution >= 0.6 is 0 Å². The van der Waals surface area contributed by atoms with Gasteiger partial charge in [-0.1, -0.05) is 18.2 Å². The van der Waals surface area contributed by atoms with E-state index in [4.69, 9.17) is 5.73 Å². The first kappa shape index (κ1) is 14.8. The van der Waals surface area contributed by atoms with Crippen LogP contribution in [0.15, 0.2) is 42.6 Å². The lowest BCUT2D eigenvalue weighted by atomic mass is 10.1. The molecular weight excluding hydrogens is 283 g/mol. The Balaban J connectivity index is 2.24. The second-order valence-corrected chi connectivity index (χ2v) is 4.27. The first-order valence-electron chi connectivity index (χ1n) is 6.03. The van der Waals surface area contributed by atoms with E-state index in [-0.39, 0.29) is 23.5 Å². The molecule has 4 nitrogen and oxygen atoms in total. The van der Waals surface area contributed by atoms with Crippen LogP contribution in [0, 0.1) is 0 Å². The van der Waals surface area contributed by atoms with Gasteiger partial charge in [0, 0.05) is 12.7 Å². The molecule has 1 aromatic carbocycles. The summed E-state index contributed by atoms with van der Waals surface area (Å²) in [7, 11) is 0. The fourth-order valence-electron chi connectivity index (χ4n) is 1.87. The number of anilines is 1. The summed E-state index contributed by atoms with van der Waals surface area (Å²) in [5.74, 6) is -0.545. The second kappa shape index (κ2) is 5.82. The number of rotatable bonds is 4. The Labute approximate surface area is 118 Å². The zero-order valence-electron chi connectivity index (χ0n) is 10.8. The van der Waals surface area contributed by atoms with E-state index < -0.39 is 17.6 Å². The number of nitrogens with two attached hydrogens (primary N) is 1. The maximum absolute atomic E-state index is 12.9. The van der Waals surface area contributed by atoms with Crippen molar-refractivity contribution in [1.29, 1.82) is 0 Å². The molecule has 110 valence electrons. The minimum Gasteiger partial charge on any atom is -0.365 e. The minimum atomic E-state index is -4.44.